The van der Waals surface area contributed by atoms with Gasteiger partial charge in [0.1, 0.15) is 5.82 Å². The fourth-order valence-electron chi connectivity index (χ4n) is 3.80. The van der Waals surface area contributed by atoms with E-state index in [1.54, 1.807) is 0 Å². The molecule has 0 spiro atoms. The molecule has 0 fully saturated rings. The van der Waals surface area contributed by atoms with Gasteiger partial charge in [0, 0.05) is 17.8 Å². The van der Waals surface area contributed by atoms with Gasteiger partial charge in [0.25, 0.3) is 5.91 Å². The Labute approximate surface area is 209 Å². The topological polar surface area (TPSA) is 88.9 Å². The summed E-state index contributed by atoms with van der Waals surface area (Å²) in [6, 6.07) is 11.0. The van der Waals surface area contributed by atoms with Crippen LogP contribution in [0.15, 0.2) is 47.6 Å². The lowest BCUT2D eigenvalue weighted by molar-refractivity contribution is -0.113. The molecule has 0 unspecified atom stereocenters. The Hall–Kier alpha value is -3.20. The molecule has 0 bridgehead atoms. The number of nitrogens with zero attached hydrogens (tertiary/aromatic N) is 3. The highest BCUT2D eigenvalue weighted by atomic mass is 32.2. The highest BCUT2D eigenvalue weighted by molar-refractivity contribution is 7.99. The molecular formula is C26H32FN5O2S. The quantitative estimate of drug-likeness (QED) is 0.378. The van der Waals surface area contributed by atoms with Crippen molar-refractivity contribution in [1.29, 1.82) is 0 Å². The van der Waals surface area contributed by atoms with Gasteiger partial charge in [-0.25, -0.2) is 4.39 Å². The van der Waals surface area contributed by atoms with Crippen molar-refractivity contribution < 1.29 is 14.0 Å². The zero-order chi connectivity index (χ0) is 25.5. The molecule has 2 aromatic carbocycles. The van der Waals surface area contributed by atoms with E-state index in [0.29, 0.717) is 23.1 Å². The number of amides is 2. The molecule has 7 nitrogen and oxygen atoms in total. The summed E-state index contributed by atoms with van der Waals surface area (Å²) in [5, 5.41) is 15.3. The lowest BCUT2D eigenvalue weighted by atomic mass is 10.0. The summed E-state index contributed by atoms with van der Waals surface area (Å²) in [5.74, 6) is 0.0108. The maximum Gasteiger partial charge on any atom is 0.251 e. The van der Waals surface area contributed by atoms with Gasteiger partial charge in [-0.15, -0.1) is 10.2 Å². The van der Waals surface area contributed by atoms with E-state index in [1.165, 1.54) is 36.0 Å². The van der Waals surface area contributed by atoms with Gasteiger partial charge in [0.2, 0.25) is 5.91 Å². The molecule has 3 rings (SSSR count). The van der Waals surface area contributed by atoms with Gasteiger partial charge >= 0.3 is 0 Å². The number of halogens is 1. The first-order valence-corrected chi connectivity index (χ1v) is 12.7. The van der Waals surface area contributed by atoms with Crippen LogP contribution < -0.4 is 10.6 Å². The molecule has 9 heteroatoms. The summed E-state index contributed by atoms with van der Waals surface area (Å²) in [7, 11) is 0. The maximum absolute atomic E-state index is 13.2. The van der Waals surface area contributed by atoms with E-state index in [2.05, 4.69) is 27.8 Å². The van der Waals surface area contributed by atoms with Gasteiger partial charge in [-0.1, -0.05) is 50.7 Å². The molecule has 0 aliphatic carbocycles. The predicted molar refractivity (Wildman–Crippen MR) is 137 cm³/mol. The molecular weight excluding hydrogens is 465 g/mol. The van der Waals surface area contributed by atoms with Crippen molar-refractivity contribution in [2.24, 2.45) is 5.92 Å². The fraction of sp³-hybridized carbons (Fsp3) is 0.385. The minimum atomic E-state index is -0.401. The van der Waals surface area contributed by atoms with Crippen LogP contribution in [0.2, 0.25) is 0 Å². The molecule has 0 aliphatic rings. The SMILES string of the molecule is CCc1cccc(C)c1NC(=O)CSc1nnc([C@@H](NC(=O)c2ccc(F)cc2)C(C)C)n1CC. The van der Waals surface area contributed by atoms with E-state index in [1.807, 2.05) is 50.5 Å². The Kier molecular flexibility index (Phi) is 9.03. The molecule has 0 saturated carbocycles. The number of nitrogens with one attached hydrogen (secondary N) is 2. The number of thioether (sulfide) groups is 1. The van der Waals surface area contributed by atoms with Gasteiger partial charge < -0.3 is 15.2 Å². The molecule has 1 aromatic heterocycles. The zero-order valence-electron chi connectivity index (χ0n) is 20.8. The van der Waals surface area contributed by atoms with Crippen molar-refractivity contribution in [3.63, 3.8) is 0 Å². The van der Waals surface area contributed by atoms with E-state index in [-0.39, 0.29) is 23.5 Å². The fourth-order valence-corrected chi connectivity index (χ4v) is 4.61. The lowest BCUT2D eigenvalue weighted by Crippen LogP contribution is -2.33. The number of aromatic nitrogens is 3. The summed E-state index contributed by atoms with van der Waals surface area (Å²) in [6.07, 6.45) is 0.832. The van der Waals surface area contributed by atoms with Crippen LogP contribution in [-0.2, 0) is 17.8 Å². The summed E-state index contributed by atoms with van der Waals surface area (Å²) in [6.45, 7) is 10.6. The Morgan fingerprint density at radius 3 is 2.43 bits per heavy atom. The van der Waals surface area contributed by atoms with Crippen molar-refractivity contribution in [3.8, 4) is 0 Å². The lowest BCUT2D eigenvalue weighted by Gasteiger charge is -2.22. The first-order valence-electron chi connectivity index (χ1n) is 11.8. The van der Waals surface area contributed by atoms with Crippen molar-refractivity contribution in [2.75, 3.05) is 11.1 Å². The third kappa shape index (κ3) is 6.48. The molecule has 1 heterocycles. The molecule has 0 radical (unpaired) electrons. The number of rotatable bonds is 10. The predicted octanol–water partition coefficient (Wildman–Crippen LogP) is 5.17. The van der Waals surface area contributed by atoms with Gasteiger partial charge in [0.15, 0.2) is 11.0 Å². The van der Waals surface area contributed by atoms with Gasteiger partial charge in [-0.05, 0) is 61.6 Å². The van der Waals surface area contributed by atoms with Gasteiger partial charge in [-0.3, -0.25) is 9.59 Å². The van der Waals surface area contributed by atoms with Crippen molar-refractivity contribution in [1.82, 2.24) is 20.1 Å². The van der Waals surface area contributed by atoms with Crippen molar-refractivity contribution >= 4 is 29.3 Å². The Morgan fingerprint density at radius 1 is 1.09 bits per heavy atom. The van der Waals surface area contributed by atoms with Crippen molar-refractivity contribution in [2.45, 2.75) is 58.8 Å². The zero-order valence-corrected chi connectivity index (χ0v) is 21.6. The number of anilines is 1. The average Bonchev–Trinajstić information content (AvgIpc) is 3.25. The third-order valence-electron chi connectivity index (χ3n) is 5.74. The normalized spacial score (nSPS) is 12.0. The van der Waals surface area contributed by atoms with Crippen LogP contribution >= 0.6 is 11.8 Å². The number of hydrogen-bond acceptors (Lipinski definition) is 5. The van der Waals surface area contributed by atoms with E-state index >= 15 is 0 Å². The van der Waals surface area contributed by atoms with Crippen molar-refractivity contribution in [3.05, 3.63) is 70.8 Å². The summed E-state index contributed by atoms with van der Waals surface area (Å²) < 4.78 is 15.1. The third-order valence-corrected chi connectivity index (χ3v) is 6.70. The second-order valence-corrected chi connectivity index (χ2v) is 9.53. The molecule has 0 saturated heterocycles. The second kappa shape index (κ2) is 12.0. The minimum Gasteiger partial charge on any atom is -0.342 e. The first-order chi connectivity index (χ1) is 16.7. The Balaban J connectivity index is 1.73. The first kappa shape index (κ1) is 26.4. The number of carbonyl (C=O) groups is 2. The molecule has 3 aromatic rings. The van der Waals surface area contributed by atoms with Crippen LogP contribution in [0, 0.1) is 18.7 Å². The average molecular weight is 498 g/mol. The van der Waals surface area contributed by atoms with E-state index in [0.717, 1.165) is 23.2 Å². The number of para-hydroxylation sites is 1. The summed E-state index contributed by atoms with van der Waals surface area (Å²) in [4.78, 5) is 25.5. The van der Waals surface area contributed by atoms with E-state index < -0.39 is 11.9 Å². The summed E-state index contributed by atoms with van der Waals surface area (Å²) >= 11 is 1.31. The number of hydrogen-bond donors (Lipinski definition) is 2. The molecule has 186 valence electrons. The molecule has 0 aliphatic heterocycles. The van der Waals surface area contributed by atoms with Crippen LogP contribution in [0.4, 0.5) is 10.1 Å². The number of carbonyl (C=O) groups excluding carboxylic acids is 2. The smallest absolute Gasteiger partial charge is 0.251 e. The van der Waals surface area contributed by atoms with Gasteiger partial charge in [0.05, 0.1) is 11.8 Å². The van der Waals surface area contributed by atoms with Gasteiger partial charge in [-0.2, -0.15) is 0 Å². The number of benzene rings is 2. The second-order valence-electron chi connectivity index (χ2n) is 8.59. The largest absolute Gasteiger partial charge is 0.342 e. The van der Waals surface area contributed by atoms with E-state index in [4.69, 9.17) is 0 Å². The molecule has 35 heavy (non-hydrogen) atoms. The standard InChI is InChI=1S/C26H32FN5O2S/c1-6-18-10-8-9-17(5)23(18)28-21(33)15-35-26-31-30-24(32(26)7-2)22(16(3)4)29-25(34)19-11-13-20(27)14-12-19/h8-14,16,22H,6-7,15H2,1-5H3,(H,28,33)(H,29,34)/t22-/m0/s1. The van der Waals surface area contributed by atoms with Crippen LogP contribution in [0.5, 0.6) is 0 Å². The highest BCUT2D eigenvalue weighted by Gasteiger charge is 2.26. The monoisotopic (exact) mass is 497 g/mol. The van der Waals surface area contributed by atoms with Crippen LogP contribution in [-0.4, -0.2) is 32.3 Å². The maximum atomic E-state index is 13.2. The highest BCUT2D eigenvalue weighted by Crippen LogP contribution is 2.26. The molecule has 2 N–H and O–H groups in total. The van der Waals surface area contributed by atoms with Crippen LogP contribution in [0.1, 0.15) is 61.0 Å². The Bertz CT molecular complexity index is 1180. The minimum absolute atomic E-state index is 0.0311. The Morgan fingerprint density at radius 2 is 1.80 bits per heavy atom. The molecule has 1 atom stereocenters. The van der Waals surface area contributed by atoms with Crippen LogP contribution in [0.3, 0.4) is 0 Å². The molecule has 2 amide bonds. The van der Waals surface area contributed by atoms with Crippen LogP contribution in [0.25, 0.3) is 0 Å². The van der Waals surface area contributed by atoms with E-state index in [9.17, 15) is 14.0 Å². The summed E-state index contributed by atoms with van der Waals surface area (Å²) in [5.41, 5.74) is 3.35. The number of aryl methyl sites for hydroxylation is 2.